The highest BCUT2D eigenvalue weighted by molar-refractivity contribution is 5.96. The first-order valence-electron chi connectivity index (χ1n) is 12.5. The Morgan fingerprint density at radius 3 is 2.59 bits per heavy atom. The predicted octanol–water partition coefficient (Wildman–Crippen LogP) is 6.45. The van der Waals surface area contributed by atoms with Crippen LogP contribution in [-0.4, -0.2) is 29.7 Å². The molecule has 2 aromatic heterocycles. The summed E-state index contributed by atoms with van der Waals surface area (Å²) < 4.78 is 5.92. The van der Waals surface area contributed by atoms with E-state index >= 15 is 0 Å². The second-order valence-corrected chi connectivity index (χ2v) is 8.80. The summed E-state index contributed by atoms with van der Waals surface area (Å²) >= 11 is 0. The number of anilines is 2. The van der Waals surface area contributed by atoms with Crippen molar-refractivity contribution in [1.82, 2.24) is 15.3 Å². The molecule has 0 amide bonds. The highest BCUT2D eigenvalue weighted by atomic mass is 16.5. The Balaban J connectivity index is 1.19. The number of rotatable bonds is 11. The molecule has 6 nitrogen and oxygen atoms in total. The molecule has 0 fully saturated rings. The third-order valence-corrected chi connectivity index (χ3v) is 6.30. The van der Waals surface area contributed by atoms with E-state index in [9.17, 15) is 5.26 Å². The van der Waals surface area contributed by atoms with Crippen molar-refractivity contribution < 1.29 is 4.74 Å². The molecule has 0 aliphatic heterocycles. The number of pyridine rings is 1. The zero-order chi connectivity index (χ0) is 25.3. The molecule has 2 heterocycles. The topological polar surface area (TPSA) is 85.8 Å². The van der Waals surface area contributed by atoms with Gasteiger partial charge in [0.25, 0.3) is 0 Å². The van der Waals surface area contributed by atoms with Crippen molar-refractivity contribution in [2.24, 2.45) is 0 Å². The van der Waals surface area contributed by atoms with E-state index in [1.54, 1.807) is 12.4 Å². The molecule has 3 N–H and O–H groups in total. The van der Waals surface area contributed by atoms with E-state index < -0.39 is 0 Å². The van der Waals surface area contributed by atoms with Gasteiger partial charge in [-0.1, -0.05) is 48.5 Å². The van der Waals surface area contributed by atoms with Crippen LogP contribution in [0, 0.1) is 11.3 Å². The van der Waals surface area contributed by atoms with Gasteiger partial charge in [-0.25, -0.2) is 0 Å². The number of nitrogens with zero attached hydrogens (tertiary/aromatic N) is 2. The Hall–Kier alpha value is -4.60. The average molecular weight is 488 g/mol. The fraction of sp³-hybridized carbons (Fsp3) is 0.161. The second-order valence-electron chi connectivity index (χ2n) is 8.80. The molecular formula is C31H29N5O. The lowest BCUT2D eigenvalue weighted by atomic mass is 10.0. The van der Waals surface area contributed by atoms with Crippen LogP contribution in [0.15, 0.2) is 97.5 Å². The number of nitriles is 1. The van der Waals surface area contributed by atoms with Crippen molar-refractivity contribution in [3.63, 3.8) is 0 Å². The fourth-order valence-corrected chi connectivity index (χ4v) is 4.39. The lowest BCUT2D eigenvalue weighted by Gasteiger charge is -2.15. The second kappa shape index (κ2) is 11.9. The van der Waals surface area contributed by atoms with Crippen molar-refractivity contribution >= 4 is 22.3 Å². The maximum absolute atomic E-state index is 9.76. The number of aromatic amines is 1. The number of hydrogen-bond acceptors (Lipinski definition) is 5. The van der Waals surface area contributed by atoms with Gasteiger partial charge < -0.3 is 20.4 Å². The molecule has 0 saturated carbocycles. The van der Waals surface area contributed by atoms with Crippen LogP contribution in [0.2, 0.25) is 0 Å². The molecule has 6 heteroatoms. The van der Waals surface area contributed by atoms with E-state index in [0.717, 1.165) is 65.1 Å². The summed E-state index contributed by atoms with van der Waals surface area (Å²) in [4.78, 5) is 7.53. The zero-order valence-corrected chi connectivity index (χ0v) is 20.6. The van der Waals surface area contributed by atoms with E-state index in [-0.39, 0.29) is 0 Å². The zero-order valence-electron chi connectivity index (χ0n) is 20.6. The summed E-state index contributed by atoms with van der Waals surface area (Å²) in [5.41, 5.74) is 6.38. The Labute approximate surface area is 217 Å². The Morgan fingerprint density at radius 1 is 0.892 bits per heavy atom. The number of aryl methyl sites for hydroxylation is 1. The highest BCUT2D eigenvalue weighted by Gasteiger charge is 2.13. The molecule has 0 radical (unpaired) electrons. The standard InChI is InChI=1S/C31H29N5O/c32-20-25-21-34-22-28(31(25)36-30-10-4-9-29-27(30)15-17-35-29)24-11-13-26(14-12-24)37-19-18-33-16-5-8-23-6-2-1-3-7-23/h1-4,6-7,9-15,17,21-22,33,35H,5,8,16,18-19H2,(H,34,36). The summed E-state index contributed by atoms with van der Waals surface area (Å²) in [7, 11) is 0. The fourth-order valence-electron chi connectivity index (χ4n) is 4.39. The van der Waals surface area contributed by atoms with Crippen LogP contribution in [0.3, 0.4) is 0 Å². The van der Waals surface area contributed by atoms with Crippen LogP contribution in [0.1, 0.15) is 17.5 Å². The number of fused-ring (bicyclic) bond motifs is 1. The smallest absolute Gasteiger partial charge is 0.119 e. The number of aromatic nitrogens is 2. The van der Waals surface area contributed by atoms with Crippen molar-refractivity contribution in [3.8, 4) is 22.9 Å². The summed E-state index contributed by atoms with van der Waals surface area (Å²) in [6, 6.07) is 28.8. The quantitative estimate of drug-likeness (QED) is 0.187. The van der Waals surface area contributed by atoms with Gasteiger partial charge in [0.15, 0.2) is 0 Å². The van der Waals surface area contributed by atoms with E-state index in [2.05, 4.69) is 50.9 Å². The first kappa shape index (κ1) is 24.1. The average Bonchev–Trinajstić information content (AvgIpc) is 3.44. The molecule has 0 bridgehead atoms. The first-order valence-corrected chi connectivity index (χ1v) is 12.5. The monoisotopic (exact) mass is 487 g/mol. The summed E-state index contributed by atoms with van der Waals surface area (Å²) in [6.07, 6.45) is 7.47. The van der Waals surface area contributed by atoms with Crippen molar-refractivity contribution in [3.05, 3.63) is 109 Å². The van der Waals surface area contributed by atoms with Crippen molar-refractivity contribution in [2.75, 3.05) is 25.0 Å². The van der Waals surface area contributed by atoms with Gasteiger partial charge in [-0.2, -0.15) is 5.26 Å². The van der Waals surface area contributed by atoms with Gasteiger partial charge in [-0.3, -0.25) is 4.98 Å². The minimum atomic E-state index is 0.490. The Kier molecular flexibility index (Phi) is 7.75. The molecule has 0 aliphatic rings. The van der Waals surface area contributed by atoms with Gasteiger partial charge in [0.2, 0.25) is 0 Å². The summed E-state index contributed by atoms with van der Waals surface area (Å²) in [6.45, 7) is 2.36. The third kappa shape index (κ3) is 5.97. The summed E-state index contributed by atoms with van der Waals surface area (Å²) in [5, 5.41) is 17.7. The SMILES string of the molecule is N#Cc1cncc(-c2ccc(OCCNCCCc3ccccc3)cc2)c1Nc1cccc2[nH]ccc12. The highest BCUT2D eigenvalue weighted by Crippen LogP contribution is 2.35. The van der Waals surface area contributed by atoms with Crippen LogP contribution in [0.5, 0.6) is 5.75 Å². The molecule has 0 saturated heterocycles. The van der Waals surface area contributed by atoms with Gasteiger partial charge in [-0.05, 0) is 60.8 Å². The number of ether oxygens (including phenoxy) is 1. The van der Waals surface area contributed by atoms with Gasteiger partial charge in [0, 0.05) is 47.3 Å². The number of hydrogen-bond donors (Lipinski definition) is 3. The number of benzene rings is 3. The molecule has 184 valence electrons. The molecule has 0 aliphatic carbocycles. The lowest BCUT2D eigenvalue weighted by Crippen LogP contribution is -2.22. The minimum Gasteiger partial charge on any atom is -0.492 e. The van der Waals surface area contributed by atoms with Gasteiger partial charge >= 0.3 is 0 Å². The molecule has 5 rings (SSSR count). The van der Waals surface area contributed by atoms with Crippen LogP contribution < -0.4 is 15.4 Å². The van der Waals surface area contributed by atoms with Crippen LogP contribution in [0.25, 0.3) is 22.0 Å². The van der Waals surface area contributed by atoms with Gasteiger partial charge in [0.05, 0.1) is 11.3 Å². The Morgan fingerprint density at radius 2 is 1.76 bits per heavy atom. The predicted molar refractivity (Wildman–Crippen MR) is 149 cm³/mol. The normalized spacial score (nSPS) is 10.8. The summed E-state index contributed by atoms with van der Waals surface area (Å²) in [5.74, 6) is 0.811. The van der Waals surface area contributed by atoms with Crippen molar-refractivity contribution in [1.29, 1.82) is 5.26 Å². The number of H-pyrrole nitrogens is 1. The molecule has 5 aromatic rings. The maximum atomic E-state index is 9.76. The lowest BCUT2D eigenvalue weighted by molar-refractivity contribution is 0.314. The molecule has 0 spiro atoms. The first-order chi connectivity index (χ1) is 18.3. The van der Waals surface area contributed by atoms with E-state index in [1.165, 1.54) is 5.56 Å². The third-order valence-electron chi connectivity index (χ3n) is 6.30. The molecule has 0 unspecified atom stereocenters. The molecular weight excluding hydrogens is 458 g/mol. The van der Waals surface area contributed by atoms with Crippen LogP contribution >= 0.6 is 0 Å². The van der Waals surface area contributed by atoms with Crippen molar-refractivity contribution in [2.45, 2.75) is 12.8 Å². The largest absolute Gasteiger partial charge is 0.492 e. The van der Waals surface area contributed by atoms with Gasteiger partial charge in [-0.15, -0.1) is 0 Å². The molecule has 37 heavy (non-hydrogen) atoms. The maximum Gasteiger partial charge on any atom is 0.119 e. The minimum absolute atomic E-state index is 0.490. The van der Waals surface area contributed by atoms with Gasteiger partial charge in [0.1, 0.15) is 18.4 Å². The molecule has 0 atom stereocenters. The number of nitrogens with one attached hydrogen (secondary N) is 3. The van der Waals surface area contributed by atoms with Crippen LogP contribution in [0.4, 0.5) is 11.4 Å². The van der Waals surface area contributed by atoms with E-state index in [4.69, 9.17) is 4.74 Å². The Bertz CT molecular complexity index is 1490. The van der Waals surface area contributed by atoms with Crippen LogP contribution in [-0.2, 0) is 6.42 Å². The molecule has 3 aromatic carbocycles. The van der Waals surface area contributed by atoms with E-state index in [1.807, 2.05) is 60.8 Å². The van der Waals surface area contributed by atoms with E-state index in [0.29, 0.717) is 12.2 Å².